The number of benzene rings is 8. The summed E-state index contributed by atoms with van der Waals surface area (Å²) < 4.78 is 14.6. The third-order valence-electron chi connectivity index (χ3n) is 10.3. The predicted molar refractivity (Wildman–Crippen MR) is 204 cm³/mol. The number of nitrogens with zero attached hydrogens (tertiary/aromatic N) is 1. The number of para-hydroxylation sites is 2. The normalized spacial score (nSPS) is 12.1. The second kappa shape index (κ2) is 9.96. The van der Waals surface area contributed by atoms with E-state index in [9.17, 15) is 0 Å². The molecule has 0 amide bonds. The van der Waals surface area contributed by atoms with Gasteiger partial charge in [0.05, 0.1) is 22.7 Å². The van der Waals surface area contributed by atoms with Crippen LogP contribution in [0.1, 0.15) is 0 Å². The first-order valence-corrected chi connectivity index (χ1v) is 16.7. The molecule has 0 radical (unpaired) electrons. The van der Waals surface area contributed by atoms with E-state index in [4.69, 9.17) is 8.83 Å². The lowest BCUT2D eigenvalue weighted by Crippen LogP contribution is -1.93. The second-order valence-corrected chi connectivity index (χ2v) is 12.8. The molecule has 0 bridgehead atoms. The monoisotopic (exact) mass is 625 g/mol. The van der Waals surface area contributed by atoms with Crippen LogP contribution in [-0.2, 0) is 0 Å². The highest BCUT2D eigenvalue weighted by atomic mass is 16.3. The Morgan fingerprint density at radius 1 is 0.367 bits per heavy atom. The molecule has 0 unspecified atom stereocenters. The van der Waals surface area contributed by atoms with E-state index in [1.54, 1.807) is 6.26 Å². The molecule has 0 saturated heterocycles. The topological polar surface area (TPSA) is 31.2 Å². The van der Waals surface area contributed by atoms with Crippen LogP contribution in [-0.4, -0.2) is 4.57 Å². The maximum atomic E-state index is 6.55. The largest absolute Gasteiger partial charge is 0.464 e. The Morgan fingerprint density at radius 3 is 1.69 bits per heavy atom. The molecule has 228 valence electrons. The molecule has 0 aliphatic heterocycles. The number of aromatic nitrogens is 1. The highest BCUT2D eigenvalue weighted by Gasteiger charge is 2.20. The van der Waals surface area contributed by atoms with E-state index >= 15 is 0 Å². The van der Waals surface area contributed by atoms with E-state index in [1.807, 2.05) is 12.1 Å². The molecule has 0 aliphatic carbocycles. The molecular formula is C46H27NO2. The van der Waals surface area contributed by atoms with Crippen molar-refractivity contribution in [1.29, 1.82) is 0 Å². The summed E-state index contributed by atoms with van der Waals surface area (Å²) in [6, 6.07) is 56.8. The molecule has 0 fully saturated rings. The third-order valence-corrected chi connectivity index (χ3v) is 10.3. The molecule has 3 aromatic heterocycles. The molecule has 11 rings (SSSR count). The molecule has 0 atom stereocenters. The summed E-state index contributed by atoms with van der Waals surface area (Å²) >= 11 is 0. The van der Waals surface area contributed by atoms with E-state index in [0.29, 0.717) is 0 Å². The average molecular weight is 626 g/mol. The zero-order valence-electron chi connectivity index (χ0n) is 26.4. The van der Waals surface area contributed by atoms with Gasteiger partial charge < -0.3 is 13.4 Å². The number of hydrogen-bond donors (Lipinski definition) is 0. The van der Waals surface area contributed by atoms with Gasteiger partial charge in [-0.05, 0) is 104 Å². The van der Waals surface area contributed by atoms with Gasteiger partial charge in [0, 0.05) is 27.2 Å². The van der Waals surface area contributed by atoms with Crippen molar-refractivity contribution in [2.24, 2.45) is 0 Å². The van der Waals surface area contributed by atoms with Gasteiger partial charge in [0.2, 0.25) is 0 Å². The van der Waals surface area contributed by atoms with Crippen molar-refractivity contribution < 1.29 is 8.83 Å². The van der Waals surface area contributed by atoms with Gasteiger partial charge in [-0.3, -0.25) is 0 Å². The predicted octanol–water partition coefficient (Wildman–Crippen LogP) is 13.1. The van der Waals surface area contributed by atoms with Crippen molar-refractivity contribution in [3.8, 4) is 27.9 Å². The molecular weight excluding hydrogens is 599 g/mol. The summed E-state index contributed by atoms with van der Waals surface area (Å²) in [6.07, 6.45) is 1.72. The van der Waals surface area contributed by atoms with E-state index in [0.717, 1.165) is 44.2 Å². The Labute approximate surface area is 280 Å². The summed E-state index contributed by atoms with van der Waals surface area (Å²) in [5.74, 6) is 0. The SMILES string of the molecule is c1ccc(-n2c3ccccc3c3cc(-c4c5ccccc5c(-c5ccc6c(c5)oc5c7ccoc7ccc65)c5ccccc45)ccc32)cc1. The van der Waals surface area contributed by atoms with Crippen LogP contribution >= 0.6 is 0 Å². The maximum Gasteiger partial charge on any atom is 0.146 e. The summed E-state index contributed by atoms with van der Waals surface area (Å²) in [7, 11) is 0. The van der Waals surface area contributed by atoms with E-state index < -0.39 is 0 Å². The molecule has 0 saturated carbocycles. The molecule has 3 heteroatoms. The molecule has 0 N–H and O–H groups in total. The van der Waals surface area contributed by atoms with Crippen molar-refractivity contribution in [3.05, 3.63) is 164 Å². The van der Waals surface area contributed by atoms with Gasteiger partial charge in [-0.15, -0.1) is 0 Å². The van der Waals surface area contributed by atoms with Gasteiger partial charge in [0.1, 0.15) is 16.7 Å². The van der Waals surface area contributed by atoms with Crippen LogP contribution in [0.5, 0.6) is 0 Å². The first kappa shape index (κ1) is 26.5. The van der Waals surface area contributed by atoms with Crippen LogP contribution in [0.15, 0.2) is 173 Å². The molecule has 8 aromatic carbocycles. The van der Waals surface area contributed by atoms with Crippen LogP contribution in [0.4, 0.5) is 0 Å². The number of furan rings is 2. The highest BCUT2D eigenvalue weighted by molar-refractivity contribution is 6.23. The highest BCUT2D eigenvalue weighted by Crippen LogP contribution is 2.46. The fourth-order valence-electron chi connectivity index (χ4n) is 8.17. The average Bonchev–Trinajstić information content (AvgIpc) is 3.87. The van der Waals surface area contributed by atoms with Gasteiger partial charge in [0.15, 0.2) is 0 Å². The van der Waals surface area contributed by atoms with Crippen LogP contribution in [0.25, 0.3) is 104 Å². The minimum absolute atomic E-state index is 0.835. The molecule has 49 heavy (non-hydrogen) atoms. The standard InChI is InChI=1S/C46H27NO2/c1-2-10-30(11-3-1)47-40-17-9-8-12-31(40)39-26-28(19-22-41(39)47)44-33-13-4-6-15-35(33)45(36-16-7-5-14-34(36)44)29-18-20-32-37-21-23-42-38(24-25-48-42)46(37)49-43(32)27-29/h1-27H. The minimum atomic E-state index is 0.835. The van der Waals surface area contributed by atoms with Crippen LogP contribution in [0, 0.1) is 0 Å². The fraction of sp³-hybridized carbons (Fsp3) is 0. The Morgan fingerprint density at radius 2 is 0.959 bits per heavy atom. The number of fused-ring (bicyclic) bond motifs is 10. The van der Waals surface area contributed by atoms with Crippen LogP contribution in [0.3, 0.4) is 0 Å². The summed E-state index contributed by atoms with van der Waals surface area (Å²) in [5.41, 5.74) is 11.0. The lowest BCUT2D eigenvalue weighted by Gasteiger charge is -2.18. The van der Waals surface area contributed by atoms with Gasteiger partial charge in [0.25, 0.3) is 0 Å². The molecule has 0 aliphatic rings. The molecule has 3 heterocycles. The number of rotatable bonds is 3. The van der Waals surface area contributed by atoms with Gasteiger partial charge in [-0.2, -0.15) is 0 Å². The summed E-state index contributed by atoms with van der Waals surface area (Å²) in [4.78, 5) is 0. The van der Waals surface area contributed by atoms with Gasteiger partial charge >= 0.3 is 0 Å². The zero-order chi connectivity index (χ0) is 32.1. The maximum absolute atomic E-state index is 6.55. The Kier molecular flexibility index (Phi) is 5.38. The Balaban J connectivity index is 1.18. The second-order valence-electron chi connectivity index (χ2n) is 12.8. The van der Waals surface area contributed by atoms with E-state index in [1.165, 1.54) is 60.0 Å². The van der Waals surface area contributed by atoms with Gasteiger partial charge in [-0.1, -0.05) is 97.1 Å². The van der Waals surface area contributed by atoms with E-state index in [-0.39, 0.29) is 0 Å². The van der Waals surface area contributed by atoms with Crippen LogP contribution < -0.4 is 0 Å². The molecule has 0 spiro atoms. The number of hydrogen-bond acceptors (Lipinski definition) is 2. The lowest BCUT2D eigenvalue weighted by atomic mass is 9.85. The van der Waals surface area contributed by atoms with Crippen molar-refractivity contribution in [2.75, 3.05) is 0 Å². The van der Waals surface area contributed by atoms with Crippen molar-refractivity contribution >= 4 is 76.3 Å². The first-order chi connectivity index (χ1) is 24.3. The Bertz CT molecular complexity index is 3050. The quantitative estimate of drug-likeness (QED) is 0.183. The lowest BCUT2D eigenvalue weighted by molar-refractivity contribution is 0.615. The zero-order valence-corrected chi connectivity index (χ0v) is 26.4. The Hall–Kier alpha value is -6.58. The molecule has 3 nitrogen and oxygen atoms in total. The summed E-state index contributed by atoms with van der Waals surface area (Å²) in [5, 5.41) is 10.6. The smallest absolute Gasteiger partial charge is 0.146 e. The van der Waals surface area contributed by atoms with Crippen molar-refractivity contribution in [1.82, 2.24) is 4.57 Å². The van der Waals surface area contributed by atoms with Crippen LogP contribution in [0.2, 0.25) is 0 Å². The minimum Gasteiger partial charge on any atom is -0.464 e. The van der Waals surface area contributed by atoms with E-state index in [2.05, 4.69) is 150 Å². The van der Waals surface area contributed by atoms with Gasteiger partial charge in [-0.25, -0.2) is 0 Å². The van der Waals surface area contributed by atoms with Crippen molar-refractivity contribution in [2.45, 2.75) is 0 Å². The first-order valence-electron chi connectivity index (χ1n) is 16.7. The van der Waals surface area contributed by atoms with Crippen molar-refractivity contribution in [3.63, 3.8) is 0 Å². The fourth-order valence-corrected chi connectivity index (χ4v) is 8.17. The molecule has 11 aromatic rings. The summed E-state index contributed by atoms with van der Waals surface area (Å²) in [6.45, 7) is 0. The third kappa shape index (κ3) is 3.73.